The van der Waals surface area contributed by atoms with Crippen LogP contribution in [0.1, 0.15) is 309 Å². The van der Waals surface area contributed by atoms with Crippen molar-refractivity contribution in [3.8, 4) is 0 Å². The van der Waals surface area contributed by atoms with Gasteiger partial charge in [0.2, 0.25) is 0 Å². The van der Waals surface area contributed by atoms with Gasteiger partial charge < -0.3 is 19.1 Å². The number of fused-ring (bicyclic) bond motifs is 1. The van der Waals surface area contributed by atoms with E-state index in [0.29, 0.717) is 24.3 Å². The molecule has 13 aliphatic carbocycles. The van der Waals surface area contributed by atoms with Crippen LogP contribution in [0.4, 0.5) is 0 Å². The molecule has 13 rings (SSSR count). The molecule has 0 bridgehead atoms. The quantitative estimate of drug-likeness (QED) is 0.119. The molecule has 13 fully saturated rings. The first kappa shape index (κ1) is 63.8. The minimum absolute atomic E-state index is 0.289. The van der Waals surface area contributed by atoms with Crippen LogP contribution in [0.15, 0.2) is 0 Å². The van der Waals surface area contributed by atoms with Crippen molar-refractivity contribution >= 4 is 12.6 Å². The summed E-state index contributed by atoms with van der Waals surface area (Å²) in [5, 5.41) is 0. The van der Waals surface area contributed by atoms with Crippen molar-refractivity contribution in [2.24, 2.45) is 71.0 Å². The summed E-state index contributed by atoms with van der Waals surface area (Å²) in [4.78, 5) is 36.3. The highest BCUT2D eigenvalue weighted by Crippen LogP contribution is 2.54. The van der Waals surface area contributed by atoms with Crippen molar-refractivity contribution in [2.75, 3.05) is 14.2 Å². The third-order valence-corrected chi connectivity index (χ3v) is 30.0. The lowest BCUT2D eigenvalue weighted by Crippen LogP contribution is -2.58. The third kappa shape index (κ3) is 14.7. The molecule has 0 aromatic rings. The highest BCUT2D eigenvalue weighted by molar-refractivity contribution is 5.54. The number of methoxy groups -OCH3 is 2. The fraction of sp³-hybridized carbons (Fsp3) is 0.974. The molecular weight excluding hydrogens is 1060 g/mol. The smallest absolute Gasteiger partial charge is 0.123 e. The Labute approximate surface area is 527 Å². The molecule has 0 spiro atoms. The van der Waals surface area contributed by atoms with Crippen molar-refractivity contribution in [2.45, 2.75) is 394 Å². The van der Waals surface area contributed by atoms with Crippen molar-refractivity contribution < 1.29 is 19.1 Å². The maximum Gasteiger partial charge on any atom is 0.123 e. The van der Waals surface area contributed by atoms with Gasteiger partial charge in [0.15, 0.2) is 0 Å². The van der Waals surface area contributed by atoms with Crippen molar-refractivity contribution in [3.05, 3.63) is 0 Å². The molecule has 488 valence electrons. The van der Waals surface area contributed by atoms with Gasteiger partial charge in [-0.15, -0.1) is 0 Å². The summed E-state index contributed by atoms with van der Waals surface area (Å²) >= 11 is 0. The summed E-state index contributed by atoms with van der Waals surface area (Å²) in [6.45, 7) is 5.11. The first-order valence-corrected chi connectivity index (χ1v) is 39.2. The van der Waals surface area contributed by atoms with Crippen molar-refractivity contribution in [3.63, 3.8) is 0 Å². The molecule has 0 saturated heterocycles. The maximum absolute atomic E-state index is 11.7. The topological polar surface area (TPSA) is 65.6 Å². The van der Waals surface area contributed by atoms with Gasteiger partial charge in [-0.2, -0.15) is 0 Å². The Morgan fingerprint density at radius 1 is 0.233 bits per heavy atom. The lowest BCUT2D eigenvalue weighted by atomic mass is 9.58. The lowest BCUT2D eigenvalue weighted by Gasteiger charge is -2.56. The number of ether oxygens (including phenoxy) is 2. The Morgan fingerprint density at radius 3 is 0.756 bits per heavy atom. The zero-order valence-electron chi connectivity index (χ0n) is 56.1. The van der Waals surface area contributed by atoms with Gasteiger partial charge in [0.25, 0.3) is 0 Å². The van der Waals surface area contributed by atoms with Crippen molar-refractivity contribution in [1.29, 1.82) is 0 Å². The summed E-state index contributed by atoms with van der Waals surface area (Å²) in [7, 11) is 3.89. The fourth-order valence-electron chi connectivity index (χ4n) is 24.6. The fourth-order valence-corrected chi connectivity index (χ4v) is 24.6. The normalized spacial score (nSPS) is 47.4. The number of rotatable bonds is 19. The first-order chi connectivity index (χ1) is 42.2. The molecule has 0 heterocycles. The van der Waals surface area contributed by atoms with Gasteiger partial charge in [-0.3, -0.25) is 19.6 Å². The summed E-state index contributed by atoms with van der Waals surface area (Å²) < 4.78 is 11.8. The molecule has 8 nitrogen and oxygen atoms in total. The Bertz CT molecular complexity index is 1970. The molecule has 0 N–H and O–H groups in total. The van der Waals surface area contributed by atoms with Gasteiger partial charge in [0, 0.05) is 98.6 Å². The van der Waals surface area contributed by atoms with E-state index in [1.54, 1.807) is 12.8 Å². The largest absolute Gasteiger partial charge is 0.381 e. The van der Waals surface area contributed by atoms with E-state index in [4.69, 9.17) is 9.47 Å². The van der Waals surface area contributed by atoms with Gasteiger partial charge in [-0.05, 0) is 355 Å². The SMILES string of the molecule is COC1CCC(N(C2CCC(OC)CC2)C2CC(C3CCC(N(C4CCC(C)CC4)C4CCC5CC(N(C6CCC(C)CC6)C6CCC(C7CC(C8CCC(N(C9CCC(C=O)CC9)C9CCC(C=O)CC9)CC8)C7)CC6)CCC5C4)CC3)C2)CC1. The average Bonchev–Trinajstić information content (AvgIpc) is 1.73. The van der Waals surface area contributed by atoms with Gasteiger partial charge in [-0.1, -0.05) is 13.8 Å². The van der Waals surface area contributed by atoms with Crippen LogP contribution in [0.5, 0.6) is 0 Å². The third-order valence-electron chi connectivity index (χ3n) is 30.0. The van der Waals surface area contributed by atoms with Crippen LogP contribution in [0.2, 0.25) is 0 Å². The molecule has 13 aliphatic rings. The number of carbonyl (C=O) groups excluding carboxylic acids is 2. The Balaban J connectivity index is 0.585. The molecule has 0 aromatic heterocycles. The molecule has 0 aromatic carbocycles. The van der Waals surface area contributed by atoms with Gasteiger partial charge in [0.05, 0.1) is 12.2 Å². The van der Waals surface area contributed by atoms with Crippen molar-refractivity contribution in [1.82, 2.24) is 19.6 Å². The maximum atomic E-state index is 11.7. The van der Waals surface area contributed by atoms with Crippen LogP contribution in [0, 0.1) is 71.0 Å². The average molecular weight is 1190 g/mol. The van der Waals surface area contributed by atoms with Crippen LogP contribution in [-0.4, -0.2) is 131 Å². The minimum Gasteiger partial charge on any atom is -0.381 e. The van der Waals surface area contributed by atoms with Gasteiger partial charge >= 0.3 is 0 Å². The summed E-state index contributed by atoms with van der Waals surface area (Å²) in [6, 6.07) is 9.55. The van der Waals surface area contributed by atoms with Crippen LogP contribution < -0.4 is 0 Å². The predicted molar refractivity (Wildman–Crippen MR) is 352 cm³/mol. The van der Waals surface area contributed by atoms with E-state index >= 15 is 0 Å². The molecule has 0 radical (unpaired) electrons. The Hall–Kier alpha value is -0.900. The molecule has 4 atom stereocenters. The van der Waals surface area contributed by atoms with Crippen LogP contribution in [0.3, 0.4) is 0 Å². The monoisotopic (exact) mass is 1190 g/mol. The molecule has 8 heteroatoms. The Kier molecular flexibility index (Phi) is 22.3. The van der Waals surface area contributed by atoms with E-state index in [-0.39, 0.29) is 11.8 Å². The number of nitrogens with zero attached hydrogens (tertiary/aromatic N) is 4. The second kappa shape index (κ2) is 30.0. The van der Waals surface area contributed by atoms with Crippen LogP contribution in [-0.2, 0) is 19.1 Å². The predicted octanol–water partition coefficient (Wildman–Crippen LogP) is 17.6. The van der Waals surface area contributed by atoms with E-state index in [1.165, 1.54) is 269 Å². The van der Waals surface area contributed by atoms with E-state index in [1.807, 2.05) is 14.2 Å². The first-order valence-electron chi connectivity index (χ1n) is 39.2. The highest BCUT2D eigenvalue weighted by Gasteiger charge is 2.50. The molecule has 86 heavy (non-hydrogen) atoms. The van der Waals surface area contributed by atoms with Crippen LogP contribution >= 0.6 is 0 Å². The molecule has 0 aliphatic heterocycles. The Morgan fingerprint density at radius 2 is 0.453 bits per heavy atom. The van der Waals surface area contributed by atoms with Gasteiger partial charge in [0.1, 0.15) is 12.6 Å². The standard InChI is InChI=1S/C78H132N4O4/c1-53-5-21-65(22-6-53)80(70-31-15-58(16-32-70)63-45-62(46-63)57-13-29-69(30-14-57)79(67-25-9-55(51-83)10-26-67)68-27-11-56(52-84)12-28-68)74-35-19-61-48-75(36-20-60(61)47-74)81(66-23-7-54(2)8-24-66)71-33-17-59(18-34-71)64-49-76(50-64)82(72-37-41-77(85-3)42-38-72)73-39-43-78(86-4)44-40-73/h51-78H,5-50H2,1-4H3. The zero-order valence-corrected chi connectivity index (χ0v) is 56.1. The molecule has 4 unspecified atom stereocenters. The summed E-state index contributed by atoms with van der Waals surface area (Å²) in [5.74, 6) is 10.3. The number of aldehydes is 2. The summed E-state index contributed by atoms with van der Waals surface area (Å²) in [5.41, 5.74) is 0. The number of hydrogen-bond acceptors (Lipinski definition) is 8. The minimum atomic E-state index is 0.289. The molecular formula is C78H132N4O4. The molecule has 13 saturated carbocycles. The highest BCUT2D eigenvalue weighted by atomic mass is 16.5. The second-order valence-corrected chi connectivity index (χ2v) is 34.4. The van der Waals surface area contributed by atoms with Gasteiger partial charge in [-0.25, -0.2) is 0 Å². The molecule has 0 amide bonds. The number of hydrogen-bond donors (Lipinski definition) is 0. The number of carbonyl (C=O) groups is 2. The van der Waals surface area contributed by atoms with E-state index in [2.05, 4.69) is 33.4 Å². The zero-order chi connectivity index (χ0) is 58.7. The van der Waals surface area contributed by atoms with E-state index in [9.17, 15) is 9.59 Å². The second-order valence-electron chi connectivity index (χ2n) is 34.4. The van der Waals surface area contributed by atoms with E-state index < -0.39 is 0 Å². The van der Waals surface area contributed by atoms with E-state index in [0.717, 1.165) is 145 Å². The lowest BCUT2D eigenvalue weighted by molar-refractivity contribution is -0.112. The summed E-state index contributed by atoms with van der Waals surface area (Å²) in [6.07, 6.45) is 67.8. The van der Waals surface area contributed by atoms with Crippen LogP contribution in [0.25, 0.3) is 0 Å².